The molecule has 0 aliphatic carbocycles. The van der Waals surface area contributed by atoms with Gasteiger partial charge in [-0.1, -0.05) is 35.9 Å². The van der Waals surface area contributed by atoms with Crippen molar-refractivity contribution in [1.82, 2.24) is 0 Å². The molecule has 0 unspecified atom stereocenters. The summed E-state index contributed by atoms with van der Waals surface area (Å²) in [6.07, 6.45) is 0. The Morgan fingerprint density at radius 1 is 0.926 bits per heavy atom. The number of benzene rings is 3. The molecule has 138 valence electrons. The van der Waals surface area contributed by atoms with E-state index in [0.717, 1.165) is 28.3 Å². The molecule has 1 N–H and O–H groups in total. The number of anilines is 1. The van der Waals surface area contributed by atoms with Crippen molar-refractivity contribution in [3.05, 3.63) is 89.5 Å². The molecule has 3 rings (SSSR count). The highest BCUT2D eigenvalue weighted by molar-refractivity contribution is 6.04. The van der Waals surface area contributed by atoms with E-state index < -0.39 is 0 Å². The van der Waals surface area contributed by atoms with Crippen LogP contribution in [0.1, 0.15) is 28.4 Å². The molecule has 0 saturated carbocycles. The van der Waals surface area contributed by atoms with Crippen LogP contribution >= 0.6 is 0 Å². The molecular formula is C23H23NO3. The number of carbonyl (C=O) groups is 1. The van der Waals surface area contributed by atoms with Crippen LogP contribution in [0.3, 0.4) is 0 Å². The van der Waals surface area contributed by atoms with Crippen molar-refractivity contribution in [2.24, 2.45) is 0 Å². The summed E-state index contributed by atoms with van der Waals surface area (Å²) in [4.78, 5) is 12.6. The topological polar surface area (TPSA) is 47.6 Å². The molecule has 3 aromatic carbocycles. The Bertz CT molecular complexity index is 889. The fraction of sp³-hybridized carbons (Fsp3) is 0.174. The SMILES string of the molecule is CCOc1ccc(C(=O)Nc2ccc(C)cc2)cc1COc1ccccc1. The van der Waals surface area contributed by atoms with E-state index in [2.05, 4.69) is 5.32 Å². The van der Waals surface area contributed by atoms with E-state index in [9.17, 15) is 4.79 Å². The average Bonchev–Trinajstić information content (AvgIpc) is 2.70. The Balaban J connectivity index is 1.77. The summed E-state index contributed by atoms with van der Waals surface area (Å²) in [6.45, 7) is 4.81. The number of aryl methyl sites for hydroxylation is 1. The zero-order valence-electron chi connectivity index (χ0n) is 15.6. The quantitative estimate of drug-likeness (QED) is 0.627. The van der Waals surface area contributed by atoms with Crippen molar-refractivity contribution in [2.75, 3.05) is 11.9 Å². The van der Waals surface area contributed by atoms with Gasteiger partial charge in [0.25, 0.3) is 5.91 Å². The minimum Gasteiger partial charge on any atom is -0.493 e. The highest BCUT2D eigenvalue weighted by Crippen LogP contribution is 2.23. The first-order valence-electron chi connectivity index (χ1n) is 8.97. The summed E-state index contributed by atoms with van der Waals surface area (Å²) in [5.41, 5.74) is 3.30. The van der Waals surface area contributed by atoms with Gasteiger partial charge < -0.3 is 14.8 Å². The number of hydrogen-bond acceptors (Lipinski definition) is 3. The molecule has 1 amide bonds. The second-order valence-corrected chi connectivity index (χ2v) is 6.18. The standard InChI is InChI=1S/C23H23NO3/c1-3-26-22-14-11-18(23(25)24-20-12-9-17(2)10-13-20)15-19(22)16-27-21-7-5-4-6-8-21/h4-15H,3,16H2,1-2H3,(H,24,25). The molecule has 0 bridgehead atoms. The summed E-state index contributed by atoms with van der Waals surface area (Å²) >= 11 is 0. The zero-order chi connectivity index (χ0) is 19.1. The van der Waals surface area contributed by atoms with Gasteiger partial charge in [0.1, 0.15) is 18.1 Å². The van der Waals surface area contributed by atoms with Gasteiger partial charge in [-0.25, -0.2) is 0 Å². The summed E-state index contributed by atoms with van der Waals surface area (Å²) < 4.78 is 11.5. The normalized spacial score (nSPS) is 10.3. The fourth-order valence-corrected chi connectivity index (χ4v) is 2.65. The monoisotopic (exact) mass is 361 g/mol. The lowest BCUT2D eigenvalue weighted by atomic mass is 10.1. The van der Waals surface area contributed by atoms with Crippen LogP contribution in [0.2, 0.25) is 0 Å². The number of rotatable bonds is 7. The Morgan fingerprint density at radius 3 is 2.37 bits per heavy atom. The number of para-hydroxylation sites is 1. The van der Waals surface area contributed by atoms with E-state index in [1.807, 2.05) is 80.6 Å². The van der Waals surface area contributed by atoms with Crippen molar-refractivity contribution >= 4 is 11.6 Å². The molecule has 0 atom stereocenters. The molecule has 0 radical (unpaired) electrons. The smallest absolute Gasteiger partial charge is 0.255 e. The molecule has 4 heteroatoms. The lowest BCUT2D eigenvalue weighted by Gasteiger charge is -2.13. The van der Waals surface area contributed by atoms with Crippen LogP contribution in [0.4, 0.5) is 5.69 Å². The van der Waals surface area contributed by atoms with Crippen LogP contribution in [-0.4, -0.2) is 12.5 Å². The van der Waals surface area contributed by atoms with Gasteiger partial charge in [-0.2, -0.15) is 0 Å². The van der Waals surface area contributed by atoms with Gasteiger partial charge in [-0.15, -0.1) is 0 Å². The first-order valence-corrected chi connectivity index (χ1v) is 8.97. The van der Waals surface area contributed by atoms with Crippen LogP contribution in [-0.2, 0) is 6.61 Å². The summed E-state index contributed by atoms with van der Waals surface area (Å²) in [6, 6.07) is 22.7. The second kappa shape index (κ2) is 8.90. The van der Waals surface area contributed by atoms with Crippen molar-refractivity contribution in [1.29, 1.82) is 0 Å². The van der Waals surface area contributed by atoms with Crippen LogP contribution < -0.4 is 14.8 Å². The highest BCUT2D eigenvalue weighted by Gasteiger charge is 2.12. The largest absolute Gasteiger partial charge is 0.493 e. The van der Waals surface area contributed by atoms with Crippen LogP contribution in [0.5, 0.6) is 11.5 Å². The lowest BCUT2D eigenvalue weighted by molar-refractivity contribution is 0.102. The molecule has 3 aromatic rings. The maximum atomic E-state index is 12.6. The number of amides is 1. The van der Waals surface area contributed by atoms with Gasteiger partial charge in [-0.3, -0.25) is 4.79 Å². The molecule has 0 aliphatic rings. The third kappa shape index (κ3) is 5.11. The van der Waals surface area contributed by atoms with E-state index in [-0.39, 0.29) is 5.91 Å². The van der Waals surface area contributed by atoms with Gasteiger partial charge in [0, 0.05) is 16.8 Å². The molecule has 27 heavy (non-hydrogen) atoms. The Morgan fingerprint density at radius 2 is 1.67 bits per heavy atom. The maximum Gasteiger partial charge on any atom is 0.255 e. The third-order valence-electron chi connectivity index (χ3n) is 4.07. The molecule has 0 heterocycles. The van der Waals surface area contributed by atoms with Gasteiger partial charge >= 0.3 is 0 Å². The van der Waals surface area contributed by atoms with Gasteiger partial charge in [0.2, 0.25) is 0 Å². The minimum absolute atomic E-state index is 0.164. The molecule has 4 nitrogen and oxygen atoms in total. The summed E-state index contributed by atoms with van der Waals surface area (Å²) in [7, 11) is 0. The van der Waals surface area contributed by atoms with E-state index >= 15 is 0 Å². The van der Waals surface area contributed by atoms with E-state index in [4.69, 9.17) is 9.47 Å². The average molecular weight is 361 g/mol. The Labute approximate surface area is 159 Å². The second-order valence-electron chi connectivity index (χ2n) is 6.18. The fourth-order valence-electron chi connectivity index (χ4n) is 2.65. The van der Waals surface area contributed by atoms with Gasteiger partial charge in [0.15, 0.2) is 0 Å². The number of carbonyl (C=O) groups excluding carboxylic acids is 1. The molecular weight excluding hydrogens is 338 g/mol. The summed E-state index contributed by atoms with van der Waals surface area (Å²) in [5.74, 6) is 1.33. The van der Waals surface area contributed by atoms with Crippen LogP contribution in [0, 0.1) is 6.92 Å². The van der Waals surface area contributed by atoms with Crippen LogP contribution in [0.15, 0.2) is 72.8 Å². The highest BCUT2D eigenvalue weighted by atomic mass is 16.5. The minimum atomic E-state index is -0.164. The van der Waals surface area contributed by atoms with E-state index in [0.29, 0.717) is 18.8 Å². The number of hydrogen-bond donors (Lipinski definition) is 1. The molecule has 0 fully saturated rings. The zero-order valence-corrected chi connectivity index (χ0v) is 15.6. The van der Waals surface area contributed by atoms with E-state index in [1.54, 1.807) is 6.07 Å². The molecule has 0 spiro atoms. The van der Waals surface area contributed by atoms with Crippen molar-refractivity contribution in [2.45, 2.75) is 20.5 Å². The predicted octanol–water partition coefficient (Wildman–Crippen LogP) is 5.23. The molecule has 0 aliphatic heterocycles. The molecule has 0 aromatic heterocycles. The Hall–Kier alpha value is -3.27. The maximum absolute atomic E-state index is 12.6. The van der Waals surface area contributed by atoms with Crippen LogP contribution in [0.25, 0.3) is 0 Å². The van der Waals surface area contributed by atoms with E-state index in [1.165, 1.54) is 0 Å². The number of ether oxygens (including phenoxy) is 2. The molecule has 0 saturated heterocycles. The lowest BCUT2D eigenvalue weighted by Crippen LogP contribution is -2.13. The van der Waals surface area contributed by atoms with Crippen molar-refractivity contribution < 1.29 is 14.3 Å². The first kappa shape index (κ1) is 18.5. The van der Waals surface area contributed by atoms with Crippen molar-refractivity contribution in [3.63, 3.8) is 0 Å². The van der Waals surface area contributed by atoms with Gasteiger partial charge in [-0.05, 0) is 56.3 Å². The number of nitrogens with one attached hydrogen (secondary N) is 1. The third-order valence-corrected chi connectivity index (χ3v) is 4.07. The first-order chi connectivity index (χ1) is 13.2. The van der Waals surface area contributed by atoms with Crippen molar-refractivity contribution in [3.8, 4) is 11.5 Å². The Kier molecular flexibility index (Phi) is 6.10. The predicted molar refractivity (Wildman–Crippen MR) is 108 cm³/mol. The van der Waals surface area contributed by atoms with Gasteiger partial charge in [0.05, 0.1) is 6.61 Å². The summed E-state index contributed by atoms with van der Waals surface area (Å²) in [5, 5.41) is 2.92.